The zero-order valence-corrected chi connectivity index (χ0v) is 55.5. The number of hydrogen-bond donors (Lipinski definition) is 0. The zero-order valence-electron chi connectivity index (χ0n) is 55.5. The average Bonchev–Trinajstić information content (AvgIpc) is 4.22. The van der Waals surface area contributed by atoms with E-state index >= 15 is 0 Å². The molecule has 12 aliphatic rings. The van der Waals surface area contributed by atoms with E-state index in [9.17, 15) is 0 Å². The summed E-state index contributed by atoms with van der Waals surface area (Å²) in [7, 11) is 0. The van der Waals surface area contributed by atoms with Crippen molar-refractivity contribution in [3.63, 3.8) is 0 Å². The van der Waals surface area contributed by atoms with E-state index in [1.54, 1.807) is 51.4 Å². The lowest BCUT2D eigenvalue weighted by atomic mass is 9.65. The molecule has 12 rings (SSSR count). The molecule has 0 radical (unpaired) electrons. The van der Waals surface area contributed by atoms with Crippen LogP contribution in [-0.4, -0.2) is 0 Å². The molecular formula is C75H142. The van der Waals surface area contributed by atoms with Crippen molar-refractivity contribution < 1.29 is 0 Å². The van der Waals surface area contributed by atoms with Crippen molar-refractivity contribution in [2.24, 2.45) is 134 Å². The molecule has 17 atom stereocenters. The van der Waals surface area contributed by atoms with Crippen LogP contribution in [0.25, 0.3) is 0 Å². The summed E-state index contributed by atoms with van der Waals surface area (Å²) in [5, 5.41) is 0. The molecule has 12 saturated carbocycles. The first-order valence-electron chi connectivity index (χ1n) is 35.1. The van der Waals surface area contributed by atoms with Crippen LogP contribution >= 0.6 is 0 Å². The third-order valence-corrected chi connectivity index (χ3v) is 26.6. The summed E-state index contributed by atoms with van der Waals surface area (Å²) in [5.41, 5.74) is 3.25. The summed E-state index contributed by atoms with van der Waals surface area (Å²) in [6.07, 6.45) is 48.0. The number of hydrogen-bond acceptors (Lipinski definition) is 0. The molecule has 75 heavy (non-hydrogen) atoms. The average molecular weight is 1040 g/mol. The van der Waals surface area contributed by atoms with Gasteiger partial charge in [-0.2, -0.15) is 0 Å². The minimum atomic E-state index is 0.622. The predicted molar refractivity (Wildman–Crippen MR) is 336 cm³/mol. The van der Waals surface area contributed by atoms with Crippen LogP contribution in [0.4, 0.5) is 0 Å². The van der Waals surface area contributed by atoms with Crippen LogP contribution in [-0.2, 0) is 0 Å². The van der Waals surface area contributed by atoms with Gasteiger partial charge in [0.15, 0.2) is 0 Å². The zero-order chi connectivity index (χ0) is 55.5. The molecule has 12 aliphatic carbocycles. The van der Waals surface area contributed by atoms with Crippen LogP contribution in [0.15, 0.2) is 0 Å². The third kappa shape index (κ3) is 18.8. The Kier molecular flexibility index (Phi) is 25.7. The van der Waals surface area contributed by atoms with Crippen molar-refractivity contribution in [1.29, 1.82) is 0 Å². The monoisotopic (exact) mass is 1040 g/mol. The number of fused-ring (bicyclic) bond motifs is 7. The maximum atomic E-state index is 2.50. The second kappa shape index (κ2) is 29.3. The molecule has 0 heterocycles. The minimum Gasteiger partial charge on any atom is -0.0625 e. The first-order chi connectivity index (χ1) is 35.1. The highest BCUT2D eigenvalue weighted by Crippen LogP contribution is 2.68. The maximum absolute atomic E-state index is 2.50. The fraction of sp³-hybridized carbons (Fsp3) is 1.00. The van der Waals surface area contributed by atoms with Gasteiger partial charge in [-0.1, -0.05) is 241 Å². The van der Waals surface area contributed by atoms with Gasteiger partial charge < -0.3 is 0 Å². The van der Waals surface area contributed by atoms with Crippen molar-refractivity contribution in [2.45, 2.75) is 344 Å². The van der Waals surface area contributed by atoms with Crippen LogP contribution in [0.5, 0.6) is 0 Å². The molecule has 0 N–H and O–H groups in total. The van der Waals surface area contributed by atoms with Crippen LogP contribution in [0.1, 0.15) is 344 Å². The first kappa shape index (κ1) is 65.8. The normalized spacial score (nSPS) is 43.4. The molecular weight excluding hydrogens is 901 g/mol. The fourth-order valence-corrected chi connectivity index (χ4v) is 20.8. The van der Waals surface area contributed by atoms with Gasteiger partial charge in [-0.15, -0.1) is 0 Å². The van der Waals surface area contributed by atoms with E-state index in [-0.39, 0.29) is 0 Å². The van der Waals surface area contributed by atoms with Gasteiger partial charge in [-0.05, 0) is 236 Å². The summed E-state index contributed by atoms with van der Waals surface area (Å²) >= 11 is 0. The SMILES string of the molecule is CC1CC(C)CC(C)(C)C1.CC1CCC(C(C)C)C(C)C1.CC1CCC2CCCCC2C1.CC1CCCC1.CC1CCCCC1.C[C@@H]1CC2CCC1(C)C2(C)C.C[C@H]1C2(C)CCC(C2)C1(C)C.C[C@H]1CC2CCC1C2. The van der Waals surface area contributed by atoms with E-state index in [2.05, 4.69) is 138 Å². The Balaban J connectivity index is 0.000000160. The van der Waals surface area contributed by atoms with Gasteiger partial charge >= 0.3 is 0 Å². The summed E-state index contributed by atoms with van der Waals surface area (Å²) in [6, 6.07) is 0. The van der Waals surface area contributed by atoms with Gasteiger partial charge in [0.1, 0.15) is 0 Å². The highest BCUT2D eigenvalue weighted by molar-refractivity contribution is 5.09. The van der Waals surface area contributed by atoms with Crippen molar-refractivity contribution in [3.8, 4) is 0 Å². The lowest BCUT2D eigenvalue weighted by molar-refractivity contribution is 0.0903. The number of rotatable bonds is 1. The Morgan fingerprint density at radius 3 is 1.23 bits per heavy atom. The van der Waals surface area contributed by atoms with Gasteiger partial charge in [0.25, 0.3) is 0 Å². The molecule has 0 amide bonds. The standard InChI is InChI=1S/3C11H20.C11H22.C10H20.C8H14.C7H14.C6H12/c1-8-10(2,3)9-5-6-11(8,4)7-9;1-8-7-9-5-6-11(8,4)10(9,2)3;1-9-6-7-10-4-2-3-5-11(10)8-9;1-8(2)11-6-5-9(3)7-10(11)4;1-8-5-9(2)7-10(3,4)6-8;1-6-4-7-2-3-8(6)5-7;1-7-5-3-2-4-6-7;1-6-4-2-3-5-6/h2*8-9H,5-7H2,1-4H3;9-11H,2-8H2,1H3;8-11H,5-7H2,1-4H3;8-9H,5-7H2,1-4H3;6-8H,2-5H2,1H3;7H,2-6H2,1H3;6H,2-5H2,1H3/t2*8-,9?,11?;;;;6-,7?,8?;;/m11...0../s1. The van der Waals surface area contributed by atoms with E-state index in [0.717, 1.165) is 107 Å². The second-order valence-electron chi connectivity index (χ2n) is 34.5. The summed E-state index contributed by atoms with van der Waals surface area (Å²) in [5.74, 6) is 18.5. The van der Waals surface area contributed by atoms with Crippen LogP contribution in [0.3, 0.4) is 0 Å². The molecule has 0 saturated heterocycles. The molecule has 14 unspecified atom stereocenters. The van der Waals surface area contributed by atoms with E-state index in [1.807, 2.05) is 0 Å². The molecule has 6 bridgehead atoms. The smallest absolute Gasteiger partial charge is 0.0246 e. The van der Waals surface area contributed by atoms with E-state index in [0.29, 0.717) is 27.1 Å². The van der Waals surface area contributed by atoms with Gasteiger partial charge in [0, 0.05) is 0 Å². The highest BCUT2D eigenvalue weighted by atomic mass is 14.6. The van der Waals surface area contributed by atoms with Crippen molar-refractivity contribution in [2.75, 3.05) is 0 Å². The highest BCUT2D eigenvalue weighted by Gasteiger charge is 2.59. The van der Waals surface area contributed by atoms with Crippen molar-refractivity contribution in [3.05, 3.63) is 0 Å². The fourth-order valence-electron chi connectivity index (χ4n) is 20.8. The molecule has 0 aromatic heterocycles. The van der Waals surface area contributed by atoms with Gasteiger partial charge in [-0.3, -0.25) is 0 Å². The Bertz CT molecular complexity index is 1550. The molecule has 442 valence electrons. The predicted octanol–water partition coefficient (Wildman–Crippen LogP) is 25.0. The topological polar surface area (TPSA) is 0 Å². The largest absolute Gasteiger partial charge is 0.0625 e. The second-order valence-corrected chi connectivity index (χ2v) is 34.5. The van der Waals surface area contributed by atoms with Crippen LogP contribution in [0, 0.1) is 134 Å². The Labute approximate surface area is 475 Å². The molecule has 12 fully saturated rings. The van der Waals surface area contributed by atoms with Gasteiger partial charge in [0.2, 0.25) is 0 Å². The van der Waals surface area contributed by atoms with Crippen LogP contribution < -0.4 is 0 Å². The van der Waals surface area contributed by atoms with Crippen molar-refractivity contribution >= 4 is 0 Å². The first-order valence-corrected chi connectivity index (χ1v) is 35.1. The molecule has 0 heteroatoms. The van der Waals surface area contributed by atoms with E-state index in [4.69, 9.17) is 0 Å². The lowest BCUT2D eigenvalue weighted by Gasteiger charge is -2.40. The van der Waals surface area contributed by atoms with Crippen molar-refractivity contribution in [1.82, 2.24) is 0 Å². The van der Waals surface area contributed by atoms with Gasteiger partial charge in [-0.25, -0.2) is 0 Å². The molecule has 0 spiro atoms. The van der Waals surface area contributed by atoms with Crippen LogP contribution in [0.2, 0.25) is 0 Å². The minimum absolute atomic E-state index is 0.622. The Morgan fingerprint density at radius 2 is 0.880 bits per heavy atom. The van der Waals surface area contributed by atoms with E-state index in [1.165, 1.54) is 154 Å². The summed E-state index contributed by atoms with van der Waals surface area (Å²) in [6.45, 7) is 48.5. The Hall–Kier alpha value is 0. The maximum Gasteiger partial charge on any atom is -0.0246 e. The van der Waals surface area contributed by atoms with Gasteiger partial charge in [0.05, 0.1) is 0 Å². The summed E-state index contributed by atoms with van der Waals surface area (Å²) in [4.78, 5) is 0. The lowest BCUT2D eigenvalue weighted by Crippen LogP contribution is -2.32. The van der Waals surface area contributed by atoms with E-state index < -0.39 is 0 Å². The third-order valence-electron chi connectivity index (χ3n) is 26.6. The Morgan fingerprint density at radius 1 is 0.360 bits per heavy atom. The molecule has 0 aliphatic heterocycles. The quantitative estimate of drug-likeness (QED) is 0.246. The molecule has 0 aromatic rings. The molecule has 0 nitrogen and oxygen atoms in total. The molecule has 0 aromatic carbocycles. The summed E-state index contributed by atoms with van der Waals surface area (Å²) < 4.78 is 0.